The number of hydrogen-bond acceptors (Lipinski definition) is 6. The zero-order valence-corrected chi connectivity index (χ0v) is 18.0. The van der Waals surface area contributed by atoms with Gasteiger partial charge in [-0.05, 0) is 50.2 Å². The number of furan rings is 1. The lowest BCUT2D eigenvalue weighted by Gasteiger charge is -2.13. The monoisotopic (exact) mass is 450 g/mol. The summed E-state index contributed by atoms with van der Waals surface area (Å²) in [6, 6.07) is 16.1. The Bertz CT molecular complexity index is 1270. The zero-order chi connectivity index (χ0) is 22.7. The Morgan fingerprint density at radius 2 is 1.91 bits per heavy atom. The van der Waals surface area contributed by atoms with Crippen molar-refractivity contribution in [2.75, 3.05) is 5.32 Å². The van der Waals surface area contributed by atoms with Crippen LogP contribution in [0, 0.1) is 6.92 Å². The van der Waals surface area contributed by atoms with Gasteiger partial charge in [-0.1, -0.05) is 29.8 Å². The maximum absolute atomic E-state index is 13.0. The van der Waals surface area contributed by atoms with Crippen molar-refractivity contribution < 1.29 is 18.7 Å². The van der Waals surface area contributed by atoms with Gasteiger partial charge in [0.25, 0.3) is 5.91 Å². The number of aryl methyl sites for hydroxylation is 1. The van der Waals surface area contributed by atoms with Crippen LogP contribution in [-0.4, -0.2) is 32.7 Å². The minimum Gasteiger partial charge on any atom is -0.460 e. The van der Waals surface area contributed by atoms with E-state index in [0.29, 0.717) is 22.9 Å². The van der Waals surface area contributed by atoms with Crippen LogP contribution in [0.2, 0.25) is 5.15 Å². The molecule has 0 saturated carbocycles. The quantitative estimate of drug-likeness (QED) is 0.338. The molecule has 3 aromatic heterocycles. The Morgan fingerprint density at radius 3 is 2.59 bits per heavy atom. The van der Waals surface area contributed by atoms with E-state index in [9.17, 15) is 9.59 Å². The van der Waals surface area contributed by atoms with Crippen LogP contribution in [0.15, 0.2) is 71.4 Å². The highest BCUT2D eigenvalue weighted by molar-refractivity contribution is 6.32. The summed E-state index contributed by atoms with van der Waals surface area (Å²) in [4.78, 5) is 29.4. The molecule has 1 atom stereocenters. The summed E-state index contributed by atoms with van der Waals surface area (Å²) in [6.07, 6.45) is 1.96. The zero-order valence-electron chi connectivity index (χ0n) is 17.3. The minimum atomic E-state index is -1.09. The smallest absolute Gasteiger partial charge is 0.342 e. The van der Waals surface area contributed by atoms with Crippen molar-refractivity contribution in [3.8, 4) is 17.1 Å². The fourth-order valence-electron chi connectivity index (χ4n) is 2.97. The van der Waals surface area contributed by atoms with E-state index in [-0.39, 0.29) is 10.7 Å². The van der Waals surface area contributed by atoms with E-state index in [1.165, 1.54) is 13.1 Å². The Kier molecular flexibility index (Phi) is 6.04. The standard InChI is InChI=1S/C23H19ClN4O4/c1-14-10-11-19(31-14)20-17(13-28(27-20)16-7-4-3-5-8-16)23(30)32-15(2)22(29)26-18-9-6-12-25-21(18)24/h3-13,15H,1-2H3,(H,26,29)/t15-/m0/s1. The molecule has 1 amide bonds. The highest BCUT2D eigenvalue weighted by Crippen LogP contribution is 2.27. The van der Waals surface area contributed by atoms with Gasteiger partial charge in [0.05, 0.1) is 11.4 Å². The Labute approximate surface area is 188 Å². The molecule has 0 fully saturated rings. The Hall–Kier alpha value is -3.91. The average Bonchev–Trinajstić information content (AvgIpc) is 3.42. The molecule has 162 valence electrons. The number of carbonyl (C=O) groups is 2. The molecule has 0 spiro atoms. The summed E-state index contributed by atoms with van der Waals surface area (Å²) < 4.78 is 12.6. The van der Waals surface area contributed by atoms with Crippen LogP contribution < -0.4 is 5.32 Å². The number of pyridine rings is 1. The summed E-state index contributed by atoms with van der Waals surface area (Å²) >= 11 is 5.97. The highest BCUT2D eigenvalue weighted by atomic mass is 35.5. The van der Waals surface area contributed by atoms with Gasteiger partial charge in [-0.3, -0.25) is 4.79 Å². The van der Waals surface area contributed by atoms with E-state index in [1.54, 1.807) is 42.1 Å². The number of hydrogen-bond donors (Lipinski definition) is 1. The molecule has 0 bridgehead atoms. The minimum absolute atomic E-state index is 0.138. The first-order valence-electron chi connectivity index (χ1n) is 9.76. The molecule has 1 aromatic carbocycles. The maximum Gasteiger partial charge on any atom is 0.342 e. The Balaban J connectivity index is 1.59. The number of nitrogens with one attached hydrogen (secondary N) is 1. The van der Waals surface area contributed by atoms with Gasteiger partial charge in [0, 0.05) is 12.4 Å². The number of benzene rings is 1. The van der Waals surface area contributed by atoms with Gasteiger partial charge in [0.2, 0.25) is 0 Å². The molecule has 0 aliphatic carbocycles. The fraction of sp³-hybridized carbons (Fsp3) is 0.130. The number of nitrogens with zero attached hydrogens (tertiary/aromatic N) is 3. The van der Waals surface area contributed by atoms with Gasteiger partial charge < -0.3 is 14.5 Å². The molecule has 4 aromatic rings. The molecular formula is C23H19ClN4O4. The second kappa shape index (κ2) is 9.07. The van der Waals surface area contributed by atoms with Gasteiger partial charge in [-0.25, -0.2) is 14.5 Å². The Morgan fingerprint density at radius 1 is 1.12 bits per heavy atom. The number of ether oxygens (including phenoxy) is 1. The molecule has 1 N–H and O–H groups in total. The van der Waals surface area contributed by atoms with Crippen LogP contribution in [0.4, 0.5) is 5.69 Å². The average molecular weight is 451 g/mol. The number of halogens is 1. The summed E-state index contributed by atoms with van der Waals surface area (Å²) in [5, 5.41) is 7.25. The normalized spacial score (nSPS) is 11.7. The predicted molar refractivity (Wildman–Crippen MR) is 119 cm³/mol. The molecule has 0 saturated heterocycles. The molecule has 8 nitrogen and oxygen atoms in total. The number of rotatable bonds is 6. The molecule has 0 aliphatic rings. The van der Waals surface area contributed by atoms with Crippen LogP contribution in [0.3, 0.4) is 0 Å². The summed E-state index contributed by atoms with van der Waals surface area (Å²) in [5.41, 5.74) is 1.57. The largest absolute Gasteiger partial charge is 0.460 e. The number of esters is 1. The van der Waals surface area contributed by atoms with Crippen molar-refractivity contribution in [2.24, 2.45) is 0 Å². The predicted octanol–water partition coefficient (Wildman–Crippen LogP) is 4.67. The first-order chi connectivity index (χ1) is 15.4. The second-order valence-electron chi connectivity index (χ2n) is 6.96. The van der Waals surface area contributed by atoms with Crippen LogP contribution >= 0.6 is 11.6 Å². The number of amides is 1. The molecule has 3 heterocycles. The maximum atomic E-state index is 13.0. The SMILES string of the molecule is Cc1ccc(-c2nn(-c3ccccc3)cc2C(=O)O[C@@H](C)C(=O)Nc2cccnc2Cl)o1. The van der Waals surface area contributed by atoms with Crippen molar-refractivity contribution in [3.63, 3.8) is 0 Å². The van der Waals surface area contributed by atoms with Crippen LogP contribution in [-0.2, 0) is 9.53 Å². The van der Waals surface area contributed by atoms with E-state index in [0.717, 1.165) is 5.69 Å². The summed E-state index contributed by atoms with van der Waals surface area (Å²) in [6.45, 7) is 3.27. The number of aromatic nitrogens is 3. The van der Waals surface area contributed by atoms with Crippen LogP contribution in [0.1, 0.15) is 23.0 Å². The molecule has 9 heteroatoms. The third-order valence-corrected chi connectivity index (χ3v) is 4.90. The molecular weight excluding hydrogens is 432 g/mol. The van der Waals surface area contributed by atoms with E-state index < -0.39 is 18.0 Å². The third kappa shape index (κ3) is 4.55. The van der Waals surface area contributed by atoms with Crippen LogP contribution in [0.25, 0.3) is 17.1 Å². The lowest BCUT2D eigenvalue weighted by atomic mass is 10.2. The van der Waals surface area contributed by atoms with E-state index in [1.807, 2.05) is 30.3 Å². The van der Waals surface area contributed by atoms with E-state index in [4.69, 9.17) is 20.8 Å². The lowest BCUT2D eigenvalue weighted by Crippen LogP contribution is -2.30. The van der Waals surface area contributed by atoms with Gasteiger partial charge in [-0.2, -0.15) is 5.10 Å². The lowest BCUT2D eigenvalue weighted by molar-refractivity contribution is -0.123. The fourth-order valence-corrected chi connectivity index (χ4v) is 3.14. The van der Waals surface area contributed by atoms with Crippen molar-refractivity contribution >= 4 is 29.2 Å². The molecule has 0 aliphatic heterocycles. The van der Waals surface area contributed by atoms with Crippen molar-refractivity contribution in [1.82, 2.24) is 14.8 Å². The van der Waals surface area contributed by atoms with E-state index in [2.05, 4.69) is 15.4 Å². The van der Waals surface area contributed by atoms with Crippen molar-refractivity contribution in [3.05, 3.63) is 83.5 Å². The molecule has 32 heavy (non-hydrogen) atoms. The van der Waals surface area contributed by atoms with Gasteiger partial charge in [-0.15, -0.1) is 0 Å². The van der Waals surface area contributed by atoms with Gasteiger partial charge in [0.1, 0.15) is 17.0 Å². The second-order valence-corrected chi connectivity index (χ2v) is 7.32. The number of para-hydroxylation sites is 1. The molecule has 0 unspecified atom stereocenters. The highest BCUT2D eigenvalue weighted by Gasteiger charge is 2.26. The third-order valence-electron chi connectivity index (χ3n) is 4.60. The first kappa shape index (κ1) is 21.3. The van der Waals surface area contributed by atoms with Crippen LogP contribution in [0.5, 0.6) is 0 Å². The number of carbonyl (C=O) groups excluding carboxylic acids is 2. The topological polar surface area (TPSA) is 99.2 Å². The van der Waals surface area contributed by atoms with Crippen molar-refractivity contribution in [2.45, 2.75) is 20.0 Å². The summed E-state index contributed by atoms with van der Waals surface area (Å²) in [7, 11) is 0. The number of anilines is 1. The van der Waals surface area contributed by atoms with Gasteiger partial charge in [0.15, 0.2) is 17.0 Å². The molecule has 0 radical (unpaired) electrons. The first-order valence-corrected chi connectivity index (χ1v) is 10.1. The van der Waals surface area contributed by atoms with Crippen molar-refractivity contribution in [1.29, 1.82) is 0 Å². The summed E-state index contributed by atoms with van der Waals surface area (Å²) in [5.74, 6) is -0.159. The van der Waals surface area contributed by atoms with E-state index >= 15 is 0 Å². The van der Waals surface area contributed by atoms with Gasteiger partial charge >= 0.3 is 5.97 Å². The molecule has 4 rings (SSSR count).